The molecule has 8 heteroatoms. The first-order chi connectivity index (χ1) is 11.6. The summed E-state index contributed by atoms with van der Waals surface area (Å²) in [5, 5.41) is 4.84. The number of halogens is 2. The van der Waals surface area contributed by atoms with Crippen LogP contribution in [0, 0.1) is 11.6 Å². The van der Waals surface area contributed by atoms with Gasteiger partial charge in [-0.3, -0.25) is 0 Å². The van der Waals surface area contributed by atoms with E-state index < -0.39 is 17.7 Å². The van der Waals surface area contributed by atoms with Crippen molar-refractivity contribution in [2.45, 2.75) is 19.4 Å². The van der Waals surface area contributed by atoms with Gasteiger partial charge in [0, 0.05) is 25.4 Å². The number of nitrogens with one attached hydrogen (secondary N) is 2. The van der Waals surface area contributed by atoms with E-state index in [2.05, 4.69) is 25.5 Å². The minimum Gasteiger partial charge on any atom is -0.341 e. The van der Waals surface area contributed by atoms with E-state index in [0.717, 1.165) is 44.1 Å². The van der Waals surface area contributed by atoms with Gasteiger partial charge in [0.15, 0.2) is 0 Å². The lowest BCUT2D eigenvalue weighted by Crippen LogP contribution is -2.29. The van der Waals surface area contributed by atoms with Crippen molar-refractivity contribution < 1.29 is 13.6 Å². The van der Waals surface area contributed by atoms with Crippen molar-refractivity contribution in [3.8, 4) is 0 Å². The van der Waals surface area contributed by atoms with Gasteiger partial charge in [0.25, 0.3) is 0 Å². The van der Waals surface area contributed by atoms with Crippen LogP contribution in [-0.2, 0) is 6.54 Å². The first-order valence-corrected chi connectivity index (χ1v) is 7.68. The summed E-state index contributed by atoms with van der Waals surface area (Å²) in [4.78, 5) is 22.6. The number of hydrogen-bond donors (Lipinski definition) is 2. The van der Waals surface area contributed by atoms with Crippen molar-refractivity contribution in [1.82, 2.24) is 15.3 Å². The molecule has 1 fully saturated rings. The third-order valence-electron chi connectivity index (χ3n) is 3.70. The molecule has 0 aliphatic carbocycles. The van der Waals surface area contributed by atoms with Gasteiger partial charge in [0.2, 0.25) is 5.95 Å². The van der Waals surface area contributed by atoms with Crippen LogP contribution < -0.4 is 15.5 Å². The second kappa shape index (κ2) is 7.20. The molecular formula is C16H17F2N5O. The highest BCUT2D eigenvalue weighted by atomic mass is 19.1. The summed E-state index contributed by atoms with van der Waals surface area (Å²) in [7, 11) is 0. The number of rotatable bonds is 4. The normalized spacial score (nSPS) is 13.8. The third-order valence-corrected chi connectivity index (χ3v) is 3.70. The number of benzene rings is 1. The molecule has 1 saturated heterocycles. The van der Waals surface area contributed by atoms with Gasteiger partial charge < -0.3 is 15.5 Å². The van der Waals surface area contributed by atoms with E-state index in [0.29, 0.717) is 11.6 Å². The Morgan fingerprint density at radius 2 is 2.00 bits per heavy atom. The molecule has 1 aliphatic heterocycles. The maximum Gasteiger partial charge on any atom is 0.319 e. The fraction of sp³-hybridized carbons (Fsp3) is 0.312. The summed E-state index contributed by atoms with van der Waals surface area (Å²) in [6, 6.07) is 3.92. The standard InChI is InChI=1S/C16H17F2N5O/c17-11-3-4-13(18)14(9-11)22-16(24)20-10-12-5-6-19-15(21-12)23-7-1-2-8-23/h3-6,9H,1-2,7-8,10H2,(H2,20,22,24). The zero-order valence-corrected chi connectivity index (χ0v) is 12.9. The number of carbonyl (C=O) groups is 1. The molecule has 0 radical (unpaired) electrons. The SMILES string of the molecule is O=C(NCc1ccnc(N2CCCC2)n1)Nc1cc(F)ccc1F. The number of urea groups is 1. The Bertz CT molecular complexity index is 734. The van der Waals surface area contributed by atoms with E-state index in [-0.39, 0.29) is 12.2 Å². The number of nitrogens with zero attached hydrogens (tertiary/aromatic N) is 3. The summed E-state index contributed by atoms with van der Waals surface area (Å²) in [5.74, 6) is -0.689. The van der Waals surface area contributed by atoms with Crippen molar-refractivity contribution in [3.05, 3.63) is 47.8 Å². The number of amides is 2. The van der Waals surface area contributed by atoms with E-state index in [1.54, 1.807) is 12.3 Å². The molecule has 0 unspecified atom stereocenters. The minimum atomic E-state index is -0.704. The maximum absolute atomic E-state index is 13.5. The zero-order chi connectivity index (χ0) is 16.9. The van der Waals surface area contributed by atoms with Gasteiger partial charge in [0.1, 0.15) is 11.6 Å². The number of carbonyl (C=O) groups excluding carboxylic acids is 1. The Kier molecular flexibility index (Phi) is 4.83. The van der Waals surface area contributed by atoms with Gasteiger partial charge in [-0.15, -0.1) is 0 Å². The predicted octanol–water partition coefficient (Wildman–Crippen LogP) is 2.68. The van der Waals surface area contributed by atoms with E-state index in [1.165, 1.54) is 0 Å². The number of anilines is 2. The summed E-state index contributed by atoms with van der Waals surface area (Å²) in [6.07, 6.45) is 3.88. The molecule has 1 aliphatic rings. The molecule has 2 heterocycles. The Balaban J connectivity index is 1.58. The topological polar surface area (TPSA) is 70.2 Å². The van der Waals surface area contributed by atoms with E-state index in [9.17, 15) is 13.6 Å². The number of hydrogen-bond acceptors (Lipinski definition) is 4. The van der Waals surface area contributed by atoms with Crippen LogP contribution in [0.2, 0.25) is 0 Å². The van der Waals surface area contributed by atoms with Gasteiger partial charge in [-0.1, -0.05) is 0 Å². The first-order valence-electron chi connectivity index (χ1n) is 7.68. The van der Waals surface area contributed by atoms with Crippen LogP contribution in [0.15, 0.2) is 30.5 Å². The van der Waals surface area contributed by atoms with E-state index in [1.807, 2.05) is 0 Å². The molecular weight excluding hydrogens is 316 g/mol. The molecule has 2 N–H and O–H groups in total. The molecule has 0 saturated carbocycles. The van der Waals surface area contributed by atoms with Crippen molar-refractivity contribution in [2.24, 2.45) is 0 Å². The molecule has 0 atom stereocenters. The van der Waals surface area contributed by atoms with Gasteiger partial charge in [-0.05, 0) is 31.0 Å². The molecule has 126 valence electrons. The Morgan fingerprint density at radius 1 is 1.21 bits per heavy atom. The van der Waals surface area contributed by atoms with Crippen LogP contribution in [0.25, 0.3) is 0 Å². The largest absolute Gasteiger partial charge is 0.341 e. The molecule has 1 aromatic carbocycles. The van der Waals surface area contributed by atoms with Crippen molar-refractivity contribution in [2.75, 3.05) is 23.3 Å². The Morgan fingerprint density at radius 3 is 2.79 bits per heavy atom. The summed E-state index contributed by atoms with van der Waals surface area (Å²) in [5.41, 5.74) is 0.426. The maximum atomic E-state index is 13.5. The van der Waals surface area contributed by atoms with Gasteiger partial charge in [-0.25, -0.2) is 23.5 Å². The molecule has 2 aromatic rings. The molecule has 3 rings (SSSR count). The molecule has 6 nitrogen and oxygen atoms in total. The van der Waals surface area contributed by atoms with Crippen molar-refractivity contribution >= 4 is 17.7 Å². The van der Waals surface area contributed by atoms with Crippen LogP contribution in [0.4, 0.5) is 25.2 Å². The Labute approximate surface area is 137 Å². The second-order valence-electron chi connectivity index (χ2n) is 5.47. The highest BCUT2D eigenvalue weighted by molar-refractivity contribution is 5.89. The first kappa shape index (κ1) is 16.1. The van der Waals surface area contributed by atoms with Crippen LogP contribution in [0.3, 0.4) is 0 Å². The molecule has 0 bridgehead atoms. The molecule has 2 amide bonds. The smallest absolute Gasteiger partial charge is 0.319 e. The molecule has 1 aromatic heterocycles. The lowest BCUT2D eigenvalue weighted by Gasteiger charge is -2.15. The summed E-state index contributed by atoms with van der Waals surface area (Å²) < 4.78 is 26.6. The predicted molar refractivity (Wildman–Crippen MR) is 85.7 cm³/mol. The monoisotopic (exact) mass is 333 g/mol. The molecule has 0 spiro atoms. The third kappa shape index (κ3) is 3.95. The fourth-order valence-electron chi connectivity index (χ4n) is 2.48. The van der Waals surface area contributed by atoms with E-state index in [4.69, 9.17) is 0 Å². The van der Waals surface area contributed by atoms with Crippen LogP contribution in [0.1, 0.15) is 18.5 Å². The van der Waals surface area contributed by atoms with Gasteiger partial charge >= 0.3 is 6.03 Å². The average Bonchev–Trinajstić information content (AvgIpc) is 3.11. The molecule has 24 heavy (non-hydrogen) atoms. The second-order valence-corrected chi connectivity index (χ2v) is 5.47. The lowest BCUT2D eigenvalue weighted by atomic mass is 10.3. The van der Waals surface area contributed by atoms with Crippen LogP contribution >= 0.6 is 0 Å². The zero-order valence-electron chi connectivity index (χ0n) is 12.9. The average molecular weight is 333 g/mol. The quantitative estimate of drug-likeness (QED) is 0.902. The number of aromatic nitrogens is 2. The highest BCUT2D eigenvalue weighted by Gasteiger charge is 2.15. The highest BCUT2D eigenvalue weighted by Crippen LogP contribution is 2.16. The van der Waals surface area contributed by atoms with Gasteiger partial charge in [0.05, 0.1) is 17.9 Å². The minimum absolute atomic E-state index is 0.159. The Hall–Kier alpha value is -2.77. The fourth-order valence-corrected chi connectivity index (χ4v) is 2.48. The van der Waals surface area contributed by atoms with Crippen LogP contribution in [-0.4, -0.2) is 29.1 Å². The van der Waals surface area contributed by atoms with Crippen molar-refractivity contribution in [1.29, 1.82) is 0 Å². The summed E-state index contributed by atoms with van der Waals surface area (Å²) >= 11 is 0. The lowest BCUT2D eigenvalue weighted by molar-refractivity contribution is 0.251. The van der Waals surface area contributed by atoms with Crippen molar-refractivity contribution in [3.63, 3.8) is 0 Å². The van der Waals surface area contributed by atoms with Gasteiger partial charge in [-0.2, -0.15) is 0 Å². The van der Waals surface area contributed by atoms with E-state index >= 15 is 0 Å². The summed E-state index contributed by atoms with van der Waals surface area (Å²) in [6.45, 7) is 2.01. The van der Waals surface area contributed by atoms with Crippen LogP contribution in [0.5, 0.6) is 0 Å².